The molecule has 0 atom stereocenters. The van der Waals surface area contributed by atoms with Gasteiger partial charge in [0.25, 0.3) is 5.22 Å². The summed E-state index contributed by atoms with van der Waals surface area (Å²) in [6.45, 7) is 5.97. The first-order valence-electron chi connectivity index (χ1n) is 7.27. The molecule has 3 rings (SSSR count). The minimum atomic E-state index is -0.153. The van der Waals surface area contributed by atoms with E-state index in [-0.39, 0.29) is 11.7 Å². The molecule has 0 aliphatic heterocycles. The van der Waals surface area contributed by atoms with Crippen LogP contribution in [0, 0.1) is 20.8 Å². The molecule has 3 aromatic rings. The number of nitrogens with one attached hydrogen (secondary N) is 1. The van der Waals surface area contributed by atoms with Gasteiger partial charge in [0.1, 0.15) is 0 Å². The van der Waals surface area contributed by atoms with Crippen LogP contribution in [0.5, 0.6) is 0 Å². The Bertz CT molecular complexity index is 873. The molecule has 0 saturated carbocycles. The number of carbonyl (C=O) groups excluding carboxylic acids is 1. The Morgan fingerprint density at radius 1 is 1.25 bits per heavy atom. The van der Waals surface area contributed by atoms with E-state index >= 15 is 0 Å². The summed E-state index contributed by atoms with van der Waals surface area (Å²) in [7, 11) is 0. The van der Waals surface area contributed by atoms with E-state index in [1.807, 2.05) is 37.4 Å². The van der Waals surface area contributed by atoms with Crippen LogP contribution in [0.1, 0.15) is 16.8 Å². The zero-order chi connectivity index (χ0) is 17.1. The van der Waals surface area contributed by atoms with Gasteiger partial charge in [0, 0.05) is 10.9 Å². The summed E-state index contributed by atoms with van der Waals surface area (Å²) in [4.78, 5) is 16.1. The number of hydrogen-bond acceptors (Lipinski definition) is 7. The highest BCUT2D eigenvalue weighted by atomic mass is 32.2. The van der Waals surface area contributed by atoms with Gasteiger partial charge in [0.2, 0.25) is 11.8 Å². The van der Waals surface area contributed by atoms with Crippen LogP contribution in [0.15, 0.2) is 33.2 Å². The van der Waals surface area contributed by atoms with Crippen LogP contribution in [0.3, 0.4) is 0 Å². The summed E-state index contributed by atoms with van der Waals surface area (Å²) in [6.07, 6.45) is 0. The van der Waals surface area contributed by atoms with Gasteiger partial charge in [-0.2, -0.15) is 0 Å². The molecule has 0 aliphatic carbocycles. The fraction of sp³-hybridized carbons (Fsp3) is 0.250. The zero-order valence-corrected chi connectivity index (χ0v) is 15.1. The van der Waals surface area contributed by atoms with E-state index < -0.39 is 0 Å². The topological polar surface area (TPSA) is 80.9 Å². The Balaban J connectivity index is 1.59. The van der Waals surface area contributed by atoms with Gasteiger partial charge >= 0.3 is 0 Å². The maximum Gasteiger partial charge on any atom is 0.277 e. The van der Waals surface area contributed by atoms with Crippen molar-refractivity contribution in [2.75, 3.05) is 11.1 Å². The van der Waals surface area contributed by atoms with Crippen molar-refractivity contribution in [3.8, 4) is 11.5 Å². The van der Waals surface area contributed by atoms with E-state index in [1.54, 1.807) is 0 Å². The zero-order valence-electron chi connectivity index (χ0n) is 13.5. The third kappa shape index (κ3) is 4.01. The monoisotopic (exact) mass is 360 g/mol. The molecule has 0 spiro atoms. The molecule has 8 heteroatoms. The molecular weight excluding hydrogens is 344 g/mol. The average molecular weight is 360 g/mol. The number of aromatic nitrogens is 3. The number of anilines is 1. The Morgan fingerprint density at radius 3 is 2.79 bits per heavy atom. The van der Waals surface area contributed by atoms with E-state index in [2.05, 4.69) is 27.4 Å². The van der Waals surface area contributed by atoms with Gasteiger partial charge in [0.05, 0.1) is 11.4 Å². The molecule has 0 fully saturated rings. The largest absolute Gasteiger partial charge is 0.411 e. The summed E-state index contributed by atoms with van der Waals surface area (Å²) in [5.41, 5.74) is 4.14. The minimum absolute atomic E-state index is 0.153. The SMILES string of the molecule is Cc1csc(NC(=O)CSc2nnc(-c3ccc(C)c(C)c3)o2)n1. The van der Waals surface area contributed by atoms with Crippen LogP contribution < -0.4 is 5.32 Å². The van der Waals surface area contributed by atoms with Gasteiger partial charge in [-0.15, -0.1) is 21.5 Å². The molecule has 0 radical (unpaired) electrons. The van der Waals surface area contributed by atoms with Crippen LogP contribution in [-0.4, -0.2) is 26.8 Å². The smallest absolute Gasteiger partial charge is 0.277 e. The minimum Gasteiger partial charge on any atom is -0.411 e. The van der Waals surface area contributed by atoms with Gasteiger partial charge < -0.3 is 9.73 Å². The maximum absolute atomic E-state index is 11.9. The molecular formula is C16H16N4O2S2. The fourth-order valence-corrected chi connectivity index (χ4v) is 3.22. The summed E-state index contributed by atoms with van der Waals surface area (Å²) < 4.78 is 5.62. The van der Waals surface area contributed by atoms with E-state index in [1.165, 1.54) is 28.7 Å². The Hall–Kier alpha value is -2.19. The van der Waals surface area contributed by atoms with Crippen molar-refractivity contribution in [3.05, 3.63) is 40.4 Å². The molecule has 1 N–H and O–H groups in total. The lowest BCUT2D eigenvalue weighted by Crippen LogP contribution is -2.13. The number of carbonyl (C=O) groups is 1. The molecule has 24 heavy (non-hydrogen) atoms. The van der Waals surface area contributed by atoms with Crippen molar-refractivity contribution in [1.82, 2.24) is 15.2 Å². The van der Waals surface area contributed by atoms with Crippen molar-refractivity contribution in [1.29, 1.82) is 0 Å². The normalized spacial score (nSPS) is 10.8. The molecule has 0 unspecified atom stereocenters. The Labute approximate surface area is 147 Å². The summed E-state index contributed by atoms with van der Waals surface area (Å²) in [6, 6.07) is 5.97. The lowest BCUT2D eigenvalue weighted by atomic mass is 10.1. The van der Waals surface area contributed by atoms with Gasteiger partial charge in [-0.3, -0.25) is 4.79 Å². The fourth-order valence-electron chi connectivity index (χ4n) is 1.95. The third-order valence-electron chi connectivity index (χ3n) is 3.35. The second kappa shape index (κ2) is 7.14. The quantitative estimate of drug-likeness (QED) is 0.696. The predicted octanol–water partition coefficient (Wildman–Crippen LogP) is 3.85. The number of thioether (sulfide) groups is 1. The number of hydrogen-bond donors (Lipinski definition) is 1. The third-order valence-corrected chi connectivity index (χ3v) is 5.05. The second-order valence-corrected chi connectivity index (χ2v) is 7.09. The van der Waals surface area contributed by atoms with Gasteiger partial charge in [0.15, 0.2) is 5.13 Å². The lowest BCUT2D eigenvalue weighted by molar-refractivity contribution is -0.113. The average Bonchev–Trinajstić information content (AvgIpc) is 3.17. The maximum atomic E-state index is 11.9. The number of rotatable bonds is 5. The molecule has 0 bridgehead atoms. The van der Waals surface area contributed by atoms with Crippen molar-refractivity contribution >= 4 is 34.1 Å². The molecule has 2 aromatic heterocycles. The molecule has 0 saturated heterocycles. The van der Waals surface area contributed by atoms with Crippen LogP contribution in [0.2, 0.25) is 0 Å². The molecule has 1 amide bonds. The van der Waals surface area contributed by atoms with Crippen molar-refractivity contribution in [2.45, 2.75) is 26.0 Å². The van der Waals surface area contributed by atoms with Crippen LogP contribution in [0.4, 0.5) is 5.13 Å². The first-order chi connectivity index (χ1) is 11.5. The number of thiazole rings is 1. The standard InChI is InChI=1S/C16H16N4O2S2/c1-9-4-5-12(6-10(9)2)14-19-20-16(22-14)24-8-13(21)18-15-17-11(3)7-23-15/h4-7H,8H2,1-3H3,(H,17,18,21). The number of aryl methyl sites for hydroxylation is 3. The summed E-state index contributed by atoms with van der Waals surface area (Å²) >= 11 is 2.60. The van der Waals surface area contributed by atoms with E-state index in [0.717, 1.165) is 16.8 Å². The Kier molecular flexibility index (Phi) is 4.96. The lowest BCUT2D eigenvalue weighted by Gasteiger charge is -2.01. The molecule has 124 valence electrons. The predicted molar refractivity (Wildman–Crippen MR) is 95.4 cm³/mol. The van der Waals surface area contributed by atoms with Crippen LogP contribution in [-0.2, 0) is 4.79 Å². The van der Waals surface area contributed by atoms with Crippen LogP contribution >= 0.6 is 23.1 Å². The summed E-state index contributed by atoms with van der Waals surface area (Å²) in [5.74, 6) is 0.490. The first-order valence-corrected chi connectivity index (χ1v) is 9.13. The second-order valence-electron chi connectivity index (χ2n) is 5.30. The molecule has 0 aliphatic rings. The molecule has 2 heterocycles. The highest BCUT2D eigenvalue weighted by molar-refractivity contribution is 7.99. The summed E-state index contributed by atoms with van der Waals surface area (Å²) in [5, 5.41) is 13.6. The first kappa shape index (κ1) is 16.7. The van der Waals surface area contributed by atoms with Gasteiger partial charge in [-0.25, -0.2) is 4.98 Å². The number of amides is 1. The molecule has 6 nitrogen and oxygen atoms in total. The van der Waals surface area contributed by atoms with Gasteiger partial charge in [-0.05, 0) is 44.0 Å². The van der Waals surface area contributed by atoms with E-state index in [4.69, 9.17) is 4.42 Å². The molecule has 1 aromatic carbocycles. The number of nitrogens with zero attached hydrogens (tertiary/aromatic N) is 3. The highest BCUT2D eigenvalue weighted by Crippen LogP contribution is 2.25. The van der Waals surface area contributed by atoms with Crippen LogP contribution in [0.25, 0.3) is 11.5 Å². The van der Waals surface area contributed by atoms with Gasteiger partial charge in [-0.1, -0.05) is 17.8 Å². The van der Waals surface area contributed by atoms with Crippen molar-refractivity contribution in [2.24, 2.45) is 0 Å². The number of benzene rings is 1. The van der Waals surface area contributed by atoms with Crippen molar-refractivity contribution in [3.63, 3.8) is 0 Å². The Morgan fingerprint density at radius 2 is 2.08 bits per heavy atom. The highest BCUT2D eigenvalue weighted by Gasteiger charge is 2.12. The van der Waals surface area contributed by atoms with E-state index in [9.17, 15) is 4.79 Å². The van der Waals surface area contributed by atoms with E-state index in [0.29, 0.717) is 16.2 Å². The van der Waals surface area contributed by atoms with Crippen molar-refractivity contribution < 1.29 is 9.21 Å².